The van der Waals surface area contributed by atoms with E-state index in [4.69, 9.17) is 45.3 Å². The van der Waals surface area contributed by atoms with E-state index in [-0.39, 0.29) is 0 Å². The number of nitrogens with two attached hydrogens (primary N) is 1. The van der Waals surface area contributed by atoms with Crippen molar-refractivity contribution in [2.75, 3.05) is 13.2 Å². The second-order valence-corrected chi connectivity index (χ2v) is 6.92. The molecule has 1 aliphatic heterocycles. The predicted octanol–water partition coefficient (Wildman–Crippen LogP) is 4.92. The molecule has 120 valence electrons. The van der Waals surface area contributed by atoms with Crippen molar-refractivity contribution in [3.63, 3.8) is 0 Å². The third-order valence-electron chi connectivity index (χ3n) is 3.81. The lowest BCUT2D eigenvalue weighted by molar-refractivity contribution is 0.106. The van der Waals surface area contributed by atoms with Crippen molar-refractivity contribution in [1.29, 1.82) is 0 Å². The van der Waals surface area contributed by atoms with Gasteiger partial charge < -0.3 is 10.5 Å². The Morgan fingerprint density at radius 3 is 2.70 bits per heavy atom. The van der Waals surface area contributed by atoms with Crippen LogP contribution in [0, 0.1) is 0 Å². The summed E-state index contributed by atoms with van der Waals surface area (Å²) in [5.74, 6) is 0.494. The highest BCUT2D eigenvalue weighted by molar-refractivity contribution is 6.45. The summed E-state index contributed by atoms with van der Waals surface area (Å²) < 4.78 is 5.54. The fourth-order valence-electron chi connectivity index (χ4n) is 2.67. The van der Waals surface area contributed by atoms with Crippen molar-refractivity contribution in [1.82, 2.24) is 0 Å². The monoisotopic (exact) mass is 368 g/mol. The van der Waals surface area contributed by atoms with Gasteiger partial charge in [-0.05, 0) is 36.2 Å². The average Bonchev–Trinajstić information content (AvgIpc) is 2.51. The van der Waals surface area contributed by atoms with Gasteiger partial charge in [0.2, 0.25) is 0 Å². The van der Waals surface area contributed by atoms with E-state index in [1.807, 2.05) is 31.2 Å². The molecule has 0 saturated heterocycles. The van der Waals surface area contributed by atoms with Crippen LogP contribution < -0.4 is 5.73 Å². The van der Waals surface area contributed by atoms with E-state index in [1.165, 1.54) is 0 Å². The summed E-state index contributed by atoms with van der Waals surface area (Å²) >= 11 is 18.6. The van der Waals surface area contributed by atoms with Gasteiger partial charge in [-0.3, -0.25) is 4.99 Å². The minimum absolute atomic E-state index is 0.366. The van der Waals surface area contributed by atoms with Gasteiger partial charge in [0.15, 0.2) is 0 Å². The lowest BCUT2D eigenvalue weighted by Crippen LogP contribution is -2.37. The molecule has 6 heteroatoms. The van der Waals surface area contributed by atoms with Gasteiger partial charge in [-0.1, -0.05) is 53.0 Å². The van der Waals surface area contributed by atoms with Crippen molar-refractivity contribution in [2.24, 2.45) is 10.7 Å². The molecule has 2 aromatic carbocycles. The maximum absolute atomic E-state index is 6.33. The molecule has 1 atom stereocenters. The molecule has 0 fully saturated rings. The van der Waals surface area contributed by atoms with Crippen LogP contribution in [0.2, 0.25) is 15.1 Å². The first-order valence-corrected chi connectivity index (χ1v) is 8.20. The van der Waals surface area contributed by atoms with E-state index in [9.17, 15) is 0 Å². The van der Waals surface area contributed by atoms with Gasteiger partial charge in [0, 0.05) is 10.6 Å². The molecule has 0 bridgehead atoms. The van der Waals surface area contributed by atoms with Gasteiger partial charge in [0.05, 0.1) is 16.7 Å². The molecular formula is C17H15Cl3N2O. The van der Waals surface area contributed by atoms with Crippen LogP contribution in [0.25, 0.3) is 11.1 Å². The minimum atomic E-state index is -0.521. The second kappa shape index (κ2) is 6.33. The van der Waals surface area contributed by atoms with Crippen molar-refractivity contribution in [3.05, 3.63) is 57.0 Å². The maximum Gasteiger partial charge on any atom is 0.121 e. The summed E-state index contributed by atoms with van der Waals surface area (Å²) in [4.78, 5) is 4.56. The van der Waals surface area contributed by atoms with Crippen molar-refractivity contribution >= 4 is 40.6 Å². The van der Waals surface area contributed by atoms with E-state index < -0.39 is 5.54 Å². The Morgan fingerprint density at radius 1 is 1.17 bits per heavy atom. The maximum atomic E-state index is 6.33. The van der Waals surface area contributed by atoms with Gasteiger partial charge in [0.25, 0.3) is 0 Å². The Morgan fingerprint density at radius 2 is 1.96 bits per heavy atom. The van der Waals surface area contributed by atoms with Crippen molar-refractivity contribution in [2.45, 2.75) is 12.5 Å². The highest BCUT2D eigenvalue weighted by Crippen LogP contribution is 2.38. The molecule has 1 unspecified atom stereocenters. The van der Waals surface area contributed by atoms with E-state index >= 15 is 0 Å². The fourth-order valence-corrected chi connectivity index (χ4v) is 3.38. The van der Waals surface area contributed by atoms with Crippen LogP contribution in [0.5, 0.6) is 0 Å². The lowest BCUT2D eigenvalue weighted by Gasteiger charge is -2.30. The van der Waals surface area contributed by atoms with Crippen LogP contribution in [0.4, 0.5) is 0 Å². The molecule has 3 nitrogen and oxygen atoms in total. The first-order chi connectivity index (χ1) is 10.9. The van der Waals surface area contributed by atoms with Gasteiger partial charge in [0.1, 0.15) is 18.0 Å². The summed E-state index contributed by atoms with van der Waals surface area (Å²) in [6.07, 6.45) is 0. The van der Waals surface area contributed by atoms with Crippen LogP contribution >= 0.6 is 34.8 Å². The smallest absolute Gasteiger partial charge is 0.121 e. The quantitative estimate of drug-likeness (QED) is 0.764. The topological polar surface area (TPSA) is 47.6 Å². The standard InChI is InChI=1S/C17H15Cl3N2O/c1-17(9-23-8-15(21)22-17)11-4-2-3-10(5-11)13-6-12(18)7-14(19)16(13)20/h2-7H,8-9H2,1H3,(H2,21,22). The van der Waals surface area contributed by atoms with Crippen molar-refractivity contribution in [3.8, 4) is 11.1 Å². The molecule has 1 heterocycles. The molecule has 0 saturated carbocycles. The first kappa shape index (κ1) is 16.6. The molecule has 0 aliphatic carbocycles. The molecule has 0 amide bonds. The summed E-state index contributed by atoms with van der Waals surface area (Å²) in [5.41, 5.74) is 7.99. The zero-order valence-corrected chi connectivity index (χ0v) is 14.7. The third-order valence-corrected chi connectivity index (χ3v) is 4.83. The van der Waals surface area contributed by atoms with E-state index in [0.717, 1.165) is 16.7 Å². The third kappa shape index (κ3) is 3.33. The fraction of sp³-hybridized carbons (Fsp3) is 0.235. The molecule has 1 aliphatic rings. The highest BCUT2D eigenvalue weighted by Gasteiger charge is 2.30. The van der Waals surface area contributed by atoms with E-state index in [2.05, 4.69) is 4.99 Å². The highest BCUT2D eigenvalue weighted by atomic mass is 35.5. The molecule has 0 spiro atoms. The number of amidine groups is 1. The Labute approximate surface area is 150 Å². The Hall–Kier alpha value is -1.26. The Kier molecular flexibility index (Phi) is 4.56. The van der Waals surface area contributed by atoms with Gasteiger partial charge in [-0.2, -0.15) is 0 Å². The molecule has 0 radical (unpaired) electrons. The summed E-state index contributed by atoms with van der Waals surface area (Å²) in [6.45, 7) is 2.83. The van der Waals surface area contributed by atoms with E-state index in [1.54, 1.807) is 12.1 Å². The number of aliphatic imine (C=N–C) groups is 1. The number of hydrogen-bond donors (Lipinski definition) is 1. The number of halogens is 3. The van der Waals surface area contributed by atoms with Gasteiger partial charge >= 0.3 is 0 Å². The number of hydrogen-bond acceptors (Lipinski definition) is 3. The molecule has 0 aromatic heterocycles. The summed E-state index contributed by atoms with van der Waals surface area (Å²) in [6, 6.07) is 11.3. The number of nitrogens with zero attached hydrogens (tertiary/aromatic N) is 1. The Balaban J connectivity index is 2.10. The average molecular weight is 370 g/mol. The van der Waals surface area contributed by atoms with E-state index in [0.29, 0.717) is 34.1 Å². The van der Waals surface area contributed by atoms with Crippen LogP contribution in [-0.4, -0.2) is 19.0 Å². The number of rotatable bonds is 2. The SMILES string of the molecule is CC1(c2cccc(-c3cc(Cl)cc(Cl)c3Cl)c2)COCC(N)=N1. The van der Waals surface area contributed by atoms with Gasteiger partial charge in [-0.15, -0.1) is 0 Å². The zero-order valence-electron chi connectivity index (χ0n) is 12.4. The minimum Gasteiger partial charge on any atom is -0.386 e. The van der Waals surface area contributed by atoms with Crippen LogP contribution in [0.3, 0.4) is 0 Å². The summed E-state index contributed by atoms with van der Waals surface area (Å²) in [5, 5.41) is 1.43. The van der Waals surface area contributed by atoms with Crippen molar-refractivity contribution < 1.29 is 4.74 Å². The van der Waals surface area contributed by atoms with Crippen LogP contribution in [0.1, 0.15) is 12.5 Å². The molecule has 2 N–H and O–H groups in total. The van der Waals surface area contributed by atoms with Crippen LogP contribution in [-0.2, 0) is 10.3 Å². The second-order valence-electron chi connectivity index (χ2n) is 5.70. The van der Waals surface area contributed by atoms with Crippen LogP contribution in [0.15, 0.2) is 41.4 Å². The Bertz CT molecular complexity index is 791. The zero-order chi connectivity index (χ0) is 16.6. The largest absolute Gasteiger partial charge is 0.386 e. The predicted molar refractivity (Wildman–Crippen MR) is 96.7 cm³/mol. The molecule has 3 rings (SSSR count). The first-order valence-electron chi connectivity index (χ1n) is 7.06. The van der Waals surface area contributed by atoms with Gasteiger partial charge in [-0.25, -0.2) is 0 Å². The molecule has 23 heavy (non-hydrogen) atoms. The number of benzene rings is 2. The molecular weight excluding hydrogens is 355 g/mol. The summed E-state index contributed by atoms with van der Waals surface area (Å²) in [7, 11) is 0. The number of ether oxygens (including phenoxy) is 1. The molecule has 2 aromatic rings. The normalized spacial score (nSPS) is 21.1. The lowest BCUT2D eigenvalue weighted by atomic mass is 9.90.